The number of oxazole rings is 1. The molecule has 0 saturated carbocycles. The number of hydrogen-bond acceptors (Lipinski definition) is 5. The molecule has 0 unspecified atom stereocenters. The molecule has 0 bridgehead atoms. The number of aromatic nitrogens is 1. The summed E-state index contributed by atoms with van der Waals surface area (Å²) in [6.45, 7) is 3.84. The van der Waals surface area contributed by atoms with Crippen molar-refractivity contribution < 1.29 is 19.1 Å². The number of aromatic carboxylic acids is 1. The zero-order chi connectivity index (χ0) is 14.3. The zero-order valence-electron chi connectivity index (χ0n) is 10.8. The molecule has 1 aromatic carbocycles. The van der Waals surface area contributed by atoms with Crippen molar-refractivity contribution in [2.24, 2.45) is 0 Å². The smallest absolute Gasteiger partial charge is 0.338 e. The lowest BCUT2D eigenvalue weighted by atomic mass is 10.2. The lowest BCUT2D eigenvalue weighted by Gasteiger charge is -2.31. The molecule has 1 saturated heterocycles. The van der Waals surface area contributed by atoms with Crippen LogP contribution in [0, 0.1) is 0 Å². The number of anilines is 1. The summed E-state index contributed by atoms with van der Waals surface area (Å²) in [6, 6.07) is 3.48. The molecule has 20 heavy (non-hydrogen) atoms. The Morgan fingerprint density at radius 2 is 2.35 bits per heavy atom. The molecule has 106 valence electrons. The fraction of sp³-hybridized carbons (Fsp3) is 0.385. The Labute approximate surface area is 119 Å². The lowest BCUT2D eigenvalue weighted by Crippen LogP contribution is -2.43. The molecule has 0 aliphatic carbocycles. The molecular formula is C13H13ClN2O4. The third kappa shape index (κ3) is 2.21. The maximum Gasteiger partial charge on any atom is 0.338 e. The second kappa shape index (κ2) is 4.96. The van der Waals surface area contributed by atoms with Crippen LogP contribution >= 0.6 is 11.6 Å². The molecule has 0 radical (unpaired) electrons. The van der Waals surface area contributed by atoms with E-state index in [1.54, 1.807) is 6.07 Å². The van der Waals surface area contributed by atoms with Gasteiger partial charge < -0.3 is 19.2 Å². The van der Waals surface area contributed by atoms with E-state index in [0.29, 0.717) is 41.9 Å². The first kappa shape index (κ1) is 13.2. The highest BCUT2D eigenvalue weighted by molar-refractivity contribution is 6.31. The van der Waals surface area contributed by atoms with E-state index in [-0.39, 0.29) is 11.6 Å². The number of ether oxygens (including phenoxy) is 1. The molecule has 1 fully saturated rings. The Balaban J connectivity index is 2.10. The summed E-state index contributed by atoms with van der Waals surface area (Å²) in [6.07, 6.45) is 0. The van der Waals surface area contributed by atoms with Crippen LogP contribution < -0.4 is 4.90 Å². The third-order valence-electron chi connectivity index (χ3n) is 3.29. The van der Waals surface area contributed by atoms with E-state index in [0.717, 1.165) is 0 Å². The van der Waals surface area contributed by atoms with Crippen molar-refractivity contribution in [1.82, 2.24) is 4.98 Å². The van der Waals surface area contributed by atoms with E-state index >= 15 is 0 Å². The molecular weight excluding hydrogens is 284 g/mol. The van der Waals surface area contributed by atoms with Crippen molar-refractivity contribution in [1.29, 1.82) is 0 Å². The molecule has 1 aromatic heterocycles. The molecule has 2 aromatic rings. The average molecular weight is 297 g/mol. The molecule has 7 heteroatoms. The number of halogens is 1. The summed E-state index contributed by atoms with van der Waals surface area (Å²) in [5, 5.41) is 9.52. The van der Waals surface area contributed by atoms with Crippen molar-refractivity contribution in [3.63, 3.8) is 0 Å². The maximum atomic E-state index is 11.2. The Morgan fingerprint density at radius 3 is 3.05 bits per heavy atom. The van der Waals surface area contributed by atoms with Crippen LogP contribution in [0.15, 0.2) is 16.5 Å². The van der Waals surface area contributed by atoms with Crippen molar-refractivity contribution in [2.75, 3.05) is 24.7 Å². The van der Waals surface area contributed by atoms with Crippen LogP contribution in [0.2, 0.25) is 5.02 Å². The van der Waals surface area contributed by atoms with Gasteiger partial charge in [0.25, 0.3) is 6.01 Å². The van der Waals surface area contributed by atoms with Crippen LogP contribution in [-0.4, -0.2) is 41.9 Å². The largest absolute Gasteiger partial charge is 0.478 e. The highest BCUT2D eigenvalue weighted by Gasteiger charge is 2.25. The van der Waals surface area contributed by atoms with Gasteiger partial charge in [-0.2, -0.15) is 4.98 Å². The van der Waals surface area contributed by atoms with Gasteiger partial charge in [-0.1, -0.05) is 11.6 Å². The highest BCUT2D eigenvalue weighted by Crippen LogP contribution is 2.29. The van der Waals surface area contributed by atoms with E-state index in [9.17, 15) is 9.90 Å². The van der Waals surface area contributed by atoms with Gasteiger partial charge in [0, 0.05) is 17.6 Å². The first-order valence-electron chi connectivity index (χ1n) is 6.24. The Bertz CT molecular complexity index is 670. The van der Waals surface area contributed by atoms with Gasteiger partial charge in [-0.25, -0.2) is 4.79 Å². The molecule has 1 N–H and O–H groups in total. The fourth-order valence-corrected chi connectivity index (χ4v) is 2.49. The quantitative estimate of drug-likeness (QED) is 0.917. The minimum atomic E-state index is -1.08. The molecule has 1 aliphatic heterocycles. The number of rotatable bonds is 2. The fourth-order valence-electron chi connectivity index (χ4n) is 2.28. The number of nitrogens with zero attached hydrogens (tertiary/aromatic N) is 2. The van der Waals surface area contributed by atoms with Crippen LogP contribution in [0.1, 0.15) is 17.3 Å². The number of morpholine rings is 1. The predicted molar refractivity (Wildman–Crippen MR) is 73.6 cm³/mol. The van der Waals surface area contributed by atoms with Gasteiger partial charge in [-0.15, -0.1) is 0 Å². The summed E-state index contributed by atoms with van der Waals surface area (Å²) in [5.41, 5.74) is 0.739. The number of carboxylic acids is 1. The second-order valence-electron chi connectivity index (χ2n) is 4.72. The van der Waals surface area contributed by atoms with Crippen molar-refractivity contribution >= 4 is 34.7 Å². The summed E-state index contributed by atoms with van der Waals surface area (Å²) < 4.78 is 11.0. The molecule has 0 amide bonds. The predicted octanol–water partition coefficient (Wildman–Crippen LogP) is 2.40. The van der Waals surface area contributed by atoms with E-state index in [1.165, 1.54) is 6.07 Å². The van der Waals surface area contributed by atoms with Crippen molar-refractivity contribution in [3.05, 3.63) is 22.7 Å². The molecule has 6 nitrogen and oxygen atoms in total. The Morgan fingerprint density at radius 1 is 1.55 bits per heavy atom. The summed E-state index contributed by atoms with van der Waals surface area (Å²) >= 11 is 5.91. The van der Waals surface area contributed by atoms with Gasteiger partial charge in [-0.05, 0) is 13.0 Å². The van der Waals surface area contributed by atoms with E-state index in [2.05, 4.69) is 4.98 Å². The van der Waals surface area contributed by atoms with Gasteiger partial charge in [0.2, 0.25) is 0 Å². The standard InChI is InChI=1S/C13H13ClN2O4/c1-7-6-19-3-2-16(7)13-15-11-9(12(17)18)4-8(14)5-10(11)20-13/h4-5,7H,2-3,6H2,1H3,(H,17,18)/t7-/m0/s1. The monoisotopic (exact) mass is 296 g/mol. The maximum absolute atomic E-state index is 11.2. The number of hydrogen-bond donors (Lipinski definition) is 1. The van der Waals surface area contributed by atoms with Crippen LogP contribution in [-0.2, 0) is 4.74 Å². The van der Waals surface area contributed by atoms with E-state index in [4.69, 9.17) is 20.8 Å². The van der Waals surface area contributed by atoms with Crippen molar-refractivity contribution in [2.45, 2.75) is 13.0 Å². The van der Waals surface area contributed by atoms with Crippen LogP contribution in [0.5, 0.6) is 0 Å². The van der Waals surface area contributed by atoms with Gasteiger partial charge in [0.15, 0.2) is 5.58 Å². The SMILES string of the molecule is C[C@H]1COCCN1c1nc2c(C(=O)O)cc(Cl)cc2o1. The van der Waals surface area contributed by atoms with E-state index < -0.39 is 5.97 Å². The minimum absolute atomic E-state index is 0.0448. The molecule has 0 spiro atoms. The Kier molecular flexibility index (Phi) is 3.27. The topological polar surface area (TPSA) is 75.8 Å². The highest BCUT2D eigenvalue weighted by atomic mass is 35.5. The normalized spacial score (nSPS) is 19.5. The van der Waals surface area contributed by atoms with Gasteiger partial charge >= 0.3 is 5.97 Å². The van der Waals surface area contributed by atoms with Crippen LogP contribution in [0.4, 0.5) is 6.01 Å². The Hall–Kier alpha value is -1.79. The molecule has 1 atom stereocenters. The number of carbonyl (C=O) groups is 1. The average Bonchev–Trinajstić information content (AvgIpc) is 2.81. The number of carboxylic acid groups (broad SMARTS) is 1. The van der Waals surface area contributed by atoms with Crippen LogP contribution in [0.3, 0.4) is 0 Å². The summed E-state index contributed by atoms with van der Waals surface area (Å²) in [5.74, 6) is -1.08. The van der Waals surface area contributed by atoms with Gasteiger partial charge in [-0.3, -0.25) is 0 Å². The minimum Gasteiger partial charge on any atom is -0.478 e. The zero-order valence-corrected chi connectivity index (χ0v) is 11.6. The van der Waals surface area contributed by atoms with Gasteiger partial charge in [0.05, 0.1) is 24.8 Å². The van der Waals surface area contributed by atoms with Crippen molar-refractivity contribution in [3.8, 4) is 0 Å². The molecule has 3 rings (SSSR count). The second-order valence-corrected chi connectivity index (χ2v) is 5.16. The molecule has 1 aliphatic rings. The number of fused-ring (bicyclic) bond motifs is 1. The summed E-state index contributed by atoms with van der Waals surface area (Å²) in [4.78, 5) is 17.5. The first-order valence-corrected chi connectivity index (χ1v) is 6.62. The number of benzene rings is 1. The van der Waals surface area contributed by atoms with E-state index in [1.807, 2.05) is 11.8 Å². The molecule has 2 heterocycles. The third-order valence-corrected chi connectivity index (χ3v) is 3.51. The first-order chi connectivity index (χ1) is 9.56. The lowest BCUT2D eigenvalue weighted by molar-refractivity contribution is 0.0699. The summed E-state index contributed by atoms with van der Waals surface area (Å²) in [7, 11) is 0. The van der Waals surface area contributed by atoms with Crippen LogP contribution in [0.25, 0.3) is 11.1 Å². The van der Waals surface area contributed by atoms with Gasteiger partial charge in [0.1, 0.15) is 5.52 Å².